The van der Waals surface area contributed by atoms with Crippen molar-refractivity contribution in [2.45, 2.75) is 76.6 Å². The molecule has 0 saturated carbocycles. The van der Waals surface area contributed by atoms with Crippen molar-refractivity contribution < 1.29 is 9.84 Å². The second kappa shape index (κ2) is 8.30. The first-order valence-electron chi connectivity index (χ1n) is 10.0. The fourth-order valence-corrected chi connectivity index (χ4v) is 4.09. The summed E-state index contributed by atoms with van der Waals surface area (Å²) in [4.78, 5) is 3.52. The minimum Gasteiger partial charge on any atom is -0.504 e. The van der Waals surface area contributed by atoms with Crippen LogP contribution in [-0.2, 0) is 19.5 Å². The summed E-state index contributed by atoms with van der Waals surface area (Å²) in [5.74, 6) is 0.730. The third-order valence-corrected chi connectivity index (χ3v) is 5.97. The largest absolute Gasteiger partial charge is 0.504 e. The highest BCUT2D eigenvalue weighted by atomic mass is 32.2. The maximum atomic E-state index is 10.1. The lowest BCUT2D eigenvalue weighted by Gasteiger charge is -2.35. The number of phenols is 1. The maximum Gasteiger partial charge on any atom is 0.161 e. The number of aryl methyl sites for hydroxylation is 1. The molecule has 154 valence electrons. The summed E-state index contributed by atoms with van der Waals surface area (Å²) in [6.07, 6.45) is 1.91. The Morgan fingerprint density at radius 1 is 1.07 bits per heavy atom. The lowest BCUT2D eigenvalue weighted by molar-refractivity contribution is 0.109. The van der Waals surface area contributed by atoms with Gasteiger partial charge in [0.25, 0.3) is 0 Å². The van der Waals surface area contributed by atoms with Crippen molar-refractivity contribution in [1.29, 1.82) is 5.26 Å². The topological polar surface area (TPSA) is 56.5 Å². The van der Waals surface area contributed by atoms with Crippen LogP contribution in [0.4, 0.5) is 0 Å². The van der Waals surface area contributed by atoms with E-state index in [1.165, 1.54) is 28.5 Å². The first-order valence-corrected chi connectivity index (χ1v) is 10.8. The van der Waals surface area contributed by atoms with Crippen LogP contribution in [0.15, 0.2) is 41.3 Å². The van der Waals surface area contributed by atoms with Crippen LogP contribution in [0.5, 0.6) is 11.5 Å². The molecule has 0 aromatic heterocycles. The van der Waals surface area contributed by atoms with E-state index in [2.05, 4.69) is 36.3 Å². The van der Waals surface area contributed by atoms with Gasteiger partial charge in [-0.15, -0.1) is 0 Å². The van der Waals surface area contributed by atoms with Gasteiger partial charge in [0.15, 0.2) is 11.5 Å². The van der Waals surface area contributed by atoms with Gasteiger partial charge in [-0.1, -0.05) is 12.1 Å². The first-order chi connectivity index (χ1) is 13.6. The summed E-state index contributed by atoms with van der Waals surface area (Å²) in [7, 11) is 0. The average molecular weight is 411 g/mol. The molecule has 0 amide bonds. The van der Waals surface area contributed by atoms with Crippen molar-refractivity contribution in [2.24, 2.45) is 0 Å². The molecule has 2 aromatic rings. The number of benzene rings is 2. The van der Waals surface area contributed by atoms with E-state index in [1.54, 1.807) is 6.07 Å². The molecule has 1 aliphatic rings. The van der Waals surface area contributed by atoms with E-state index in [9.17, 15) is 5.11 Å². The number of hydrogen-bond acceptors (Lipinski definition) is 5. The fourth-order valence-electron chi connectivity index (χ4n) is 3.65. The minimum atomic E-state index is -0.348. The Morgan fingerprint density at radius 2 is 1.79 bits per heavy atom. The summed E-state index contributed by atoms with van der Waals surface area (Å²) < 4.78 is 5.89. The van der Waals surface area contributed by atoms with E-state index in [0.29, 0.717) is 5.75 Å². The number of fused-ring (bicyclic) bond motifs is 1. The van der Waals surface area contributed by atoms with Crippen molar-refractivity contribution in [3.05, 3.63) is 53.1 Å². The van der Waals surface area contributed by atoms with Crippen molar-refractivity contribution in [3.8, 4) is 16.9 Å². The first kappa shape index (κ1) is 21.5. The van der Waals surface area contributed by atoms with Crippen molar-refractivity contribution in [3.63, 3.8) is 0 Å². The van der Waals surface area contributed by atoms with Crippen molar-refractivity contribution in [1.82, 2.24) is 4.90 Å². The number of thioether (sulfide) groups is 1. The second-order valence-electron chi connectivity index (χ2n) is 9.31. The van der Waals surface area contributed by atoms with Crippen molar-refractivity contribution >= 4 is 11.8 Å². The molecule has 0 unspecified atom stereocenters. The Kier molecular flexibility index (Phi) is 6.16. The van der Waals surface area contributed by atoms with Gasteiger partial charge in [-0.25, -0.2) is 0 Å². The SMILES string of the molecule is CC(C)(C)Oc1cc(CCC(C)(C)N2Cc3ccc(SC#N)cc3C2)ccc1O. The number of nitriles is 1. The zero-order valence-electron chi connectivity index (χ0n) is 18.0. The highest BCUT2D eigenvalue weighted by molar-refractivity contribution is 8.03. The van der Waals surface area contributed by atoms with Crippen molar-refractivity contribution in [2.75, 3.05) is 0 Å². The highest BCUT2D eigenvalue weighted by Crippen LogP contribution is 2.35. The van der Waals surface area contributed by atoms with Gasteiger partial charge in [-0.2, -0.15) is 5.26 Å². The molecule has 0 fully saturated rings. The van der Waals surface area contributed by atoms with Gasteiger partial charge in [0, 0.05) is 23.5 Å². The predicted octanol–water partition coefficient (Wildman–Crippen LogP) is 5.87. The summed E-state index contributed by atoms with van der Waals surface area (Å²) in [5.41, 5.74) is 3.53. The summed E-state index contributed by atoms with van der Waals surface area (Å²) >= 11 is 1.22. The van der Waals surface area contributed by atoms with Crippen LogP contribution >= 0.6 is 11.8 Å². The zero-order valence-corrected chi connectivity index (χ0v) is 18.8. The highest BCUT2D eigenvalue weighted by Gasteiger charge is 2.31. The van der Waals surface area contributed by atoms with Crippen LogP contribution in [0, 0.1) is 10.7 Å². The van der Waals surface area contributed by atoms with E-state index in [-0.39, 0.29) is 16.9 Å². The van der Waals surface area contributed by atoms with Gasteiger partial charge in [0.05, 0.1) is 0 Å². The molecule has 5 heteroatoms. The Hall–Kier alpha value is -2.16. The summed E-state index contributed by atoms with van der Waals surface area (Å²) in [6.45, 7) is 12.4. The lowest BCUT2D eigenvalue weighted by atomic mass is 9.93. The van der Waals surface area contributed by atoms with E-state index in [1.807, 2.05) is 39.0 Å². The Labute approximate surface area is 178 Å². The third kappa shape index (κ3) is 5.46. The zero-order chi connectivity index (χ0) is 21.2. The van der Waals surface area contributed by atoms with Gasteiger partial charge < -0.3 is 9.84 Å². The molecule has 4 nitrogen and oxygen atoms in total. The number of thiocyanates is 1. The number of rotatable bonds is 6. The molecule has 1 N–H and O–H groups in total. The Bertz CT molecular complexity index is 925. The number of aromatic hydroxyl groups is 1. The molecule has 29 heavy (non-hydrogen) atoms. The number of nitrogens with zero attached hydrogens (tertiary/aromatic N) is 2. The third-order valence-electron chi connectivity index (χ3n) is 5.39. The number of phenolic OH excluding ortho intramolecular Hbond substituents is 1. The molecule has 2 aromatic carbocycles. The molecule has 0 atom stereocenters. The quantitative estimate of drug-likeness (QED) is 0.477. The van der Waals surface area contributed by atoms with Gasteiger partial charge in [0.2, 0.25) is 0 Å². The molecule has 0 aliphatic carbocycles. The summed E-state index contributed by atoms with van der Waals surface area (Å²) in [6, 6.07) is 12.0. The second-order valence-corrected chi connectivity index (χ2v) is 10.2. The van der Waals surface area contributed by atoms with Crippen LogP contribution in [0.2, 0.25) is 0 Å². The van der Waals surface area contributed by atoms with Crippen LogP contribution in [-0.4, -0.2) is 21.1 Å². The van der Waals surface area contributed by atoms with E-state index < -0.39 is 0 Å². The van der Waals surface area contributed by atoms with Gasteiger partial charge in [-0.05, 0) is 100 Å². The Balaban J connectivity index is 1.66. The summed E-state index contributed by atoms with van der Waals surface area (Å²) in [5, 5.41) is 21.2. The molecule has 0 radical (unpaired) electrons. The lowest BCUT2D eigenvalue weighted by Crippen LogP contribution is -2.40. The van der Waals surface area contributed by atoms with E-state index >= 15 is 0 Å². The molecule has 1 aliphatic heterocycles. The molecular weight excluding hydrogens is 380 g/mol. The van der Waals surface area contributed by atoms with E-state index in [0.717, 1.165) is 30.8 Å². The molecule has 1 heterocycles. The minimum absolute atomic E-state index is 0.0322. The Morgan fingerprint density at radius 3 is 2.48 bits per heavy atom. The maximum absolute atomic E-state index is 10.1. The van der Waals surface area contributed by atoms with Crippen LogP contribution < -0.4 is 4.74 Å². The number of hydrogen-bond donors (Lipinski definition) is 1. The molecule has 0 saturated heterocycles. The number of ether oxygens (including phenoxy) is 1. The average Bonchev–Trinajstić information content (AvgIpc) is 3.06. The molecule has 0 bridgehead atoms. The van der Waals surface area contributed by atoms with Gasteiger partial charge in [-0.3, -0.25) is 4.90 Å². The molecule has 0 spiro atoms. The van der Waals surface area contributed by atoms with Crippen LogP contribution in [0.3, 0.4) is 0 Å². The smallest absolute Gasteiger partial charge is 0.161 e. The van der Waals surface area contributed by atoms with Crippen LogP contribution in [0.25, 0.3) is 0 Å². The normalized spacial score (nSPS) is 14.5. The van der Waals surface area contributed by atoms with Gasteiger partial charge >= 0.3 is 0 Å². The van der Waals surface area contributed by atoms with Crippen LogP contribution in [0.1, 0.15) is 57.7 Å². The monoisotopic (exact) mass is 410 g/mol. The fraction of sp³-hybridized carbons (Fsp3) is 0.458. The predicted molar refractivity (Wildman–Crippen MR) is 118 cm³/mol. The molecular formula is C24H30N2O2S. The van der Waals surface area contributed by atoms with E-state index in [4.69, 9.17) is 10.00 Å². The standard InChI is InChI=1S/C24H30N2O2S/c1-23(2,3)28-22-12-17(6-9-21(22)27)10-11-24(4,5)26-14-18-7-8-20(29-16-25)13-19(18)15-26/h6-9,12-13,27H,10-11,14-15H2,1-5H3. The molecule has 3 rings (SSSR count). The van der Waals surface area contributed by atoms with Gasteiger partial charge in [0.1, 0.15) is 11.0 Å².